The van der Waals surface area contributed by atoms with Crippen molar-refractivity contribution in [2.24, 2.45) is 5.92 Å². The first-order valence-electron chi connectivity index (χ1n) is 8.62. The molecular formula is C19H19N5O2. The van der Waals surface area contributed by atoms with Gasteiger partial charge in [0.25, 0.3) is 0 Å². The molecule has 0 radical (unpaired) electrons. The van der Waals surface area contributed by atoms with E-state index in [1.807, 2.05) is 36.4 Å². The van der Waals surface area contributed by atoms with Crippen LogP contribution in [0.2, 0.25) is 0 Å². The van der Waals surface area contributed by atoms with Crippen molar-refractivity contribution in [1.29, 1.82) is 0 Å². The summed E-state index contributed by atoms with van der Waals surface area (Å²) in [4.78, 5) is 30.4. The first-order chi connectivity index (χ1) is 12.7. The molecule has 0 aliphatic carbocycles. The number of fused-ring (bicyclic) bond motifs is 1. The van der Waals surface area contributed by atoms with E-state index >= 15 is 0 Å². The Balaban J connectivity index is 1.39. The molecule has 2 amide bonds. The molecule has 132 valence electrons. The van der Waals surface area contributed by atoms with Crippen LogP contribution in [0.1, 0.15) is 12.0 Å². The van der Waals surface area contributed by atoms with Gasteiger partial charge in [0.05, 0.1) is 11.4 Å². The van der Waals surface area contributed by atoms with Crippen LogP contribution in [0.3, 0.4) is 0 Å². The van der Waals surface area contributed by atoms with Crippen molar-refractivity contribution in [3.05, 3.63) is 54.4 Å². The fourth-order valence-corrected chi connectivity index (χ4v) is 3.27. The van der Waals surface area contributed by atoms with E-state index in [1.54, 1.807) is 17.3 Å². The van der Waals surface area contributed by atoms with Crippen molar-refractivity contribution in [3.8, 4) is 0 Å². The third-order valence-corrected chi connectivity index (χ3v) is 4.66. The van der Waals surface area contributed by atoms with Crippen LogP contribution in [0.15, 0.2) is 48.8 Å². The van der Waals surface area contributed by atoms with Crippen LogP contribution in [0, 0.1) is 5.92 Å². The minimum atomic E-state index is -0.351. The lowest BCUT2D eigenvalue weighted by Crippen LogP contribution is -2.34. The first-order valence-corrected chi connectivity index (χ1v) is 8.62. The Morgan fingerprint density at radius 2 is 2.04 bits per heavy atom. The topological polar surface area (TPSA) is 91.0 Å². The van der Waals surface area contributed by atoms with Crippen molar-refractivity contribution in [3.63, 3.8) is 0 Å². The van der Waals surface area contributed by atoms with E-state index in [0.29, 0.717) is 18.9 Å². The number of H-pyrrole nitrogens is 1. The summed E-state index contributed by atoms with van der Waals surface area (Å²) in [5.41, 5.74) is 1.99. The van der Waals surface area contributed by atoms with Crippen LogP contribution in [0.25, 0.3) is 10.9 Å². The van der Waals surface area contributed by atoms with Crippen molar-refractivity contribution >= 4 is 28.5 Å². The number of hydrogen-bond donors (Lipinski definition) is 2. The highest BCUT2D eigenvalue weighted by Gasteiger charge is 2.36. The number of carbonyl (C=O) groups is 2. The summed E-state index contributed by atoms with van der Waals surface area (Å²) >= 11 is 0. The molecule has 7 nitrogen and oxygen atoms in total. The summed E-state index contributed by atoms with van der Waals surface area (Å²) in [5, 5.41) is 11.0. The summed E-state index contributed by atoms with van der Waals surface area (Å²) in [7, 11) is 0. The molecule has 1 aliphatic rings. The van der Waals surface area contributed by atoms with Gasteiger partial charge in [-0.15, -0.1) is 0 Å². The number of nitrogens with zero attached hydrogens (tertiary/aromatic N) is 3. The molecule has 1 aromatic carbocycles. The third-order valence-electron chi connectivity index (χ3n) is 4.66. The largest absolute Gasteiger partial charge is 0.355 e. The number of aromatic nitrogens is 3. The van der Waals surface area contributed by atoms with Gasteiger partial charge in [-0.3, -0.25) is 24.6 Å². The van der Waals surface area contributed by atoms with Crippen molar-refractivity contribution in [2.45, 2.75) is 12.8 Å². The van der Waals surface area contributed by atoms with Crippen LogP contribution in [-0.4, -0.2) is 40.1 Å². The zero-order chi connectivity index (χ0) is 17.9. The Kier molecular flexibility index (Phi) is 4.35. The van der Waals surface area contributed by atoms with Gasteiger partial charge < -0.3 is 5.32 Å². The van der Waals surface area contributed by atoms with Gasteiger partial charge in [0.15, 0.2) is 5.82 Å². The summed E-state index contributed by atoms with van der Waals surface area (Å²) in [6.45, 7) is 0.896. The summed E-state index contributed by atoms with van der Waals surface area (Å²) in [5.74, 6) is 0.0828. The van der Waals surface area contributed by atoms with Crippen LogP contribution in [-0.2, 0) is 16.0 Å². The monoisotopic (exact) mass is 349 g/mol. The number of hydrogen-bond acceptors (Lipinski definition) is 4. The predicted molar refractivity (Wildman–Crippen MR) is 97.5 cm³/mol. The minimum Gasteiger partial charge on any atom is -0.355 e. The number of carbonyl (C=O) groups excluding carboxylic acids is 2. The van der Waals surface area contributed by atoms with E-state index < -0.39 is 0 Å². The molecule has 3 heterocycles. The minimum absolute atomic E-state index is 0.0727. The normalized spacial score (nSPS) is 17.0. The van der Waals surface area contributed by atoms with E-state index in [0.717, 1.165) is 22.9 Å². The van der Waals surface area contributed by atoms with Gasteiger partial charge in [-0.25, -0.2) is 0 Å². The number of benzene rings is 1. The molecule has 0 saturated carbocycles. The molecule has 0 spiro atoms. The third kappa shape index (κ3) is 3.15. The maximum atomic E-state index is 12.4. The quantitative estimate of drug-likeness (QED) is 0.733. The van der Waals surface area contributed by atoms with E-state index in [1.165, 1.54) is 0 Å². The number of nitrogens with one attached hydrogen (secondary N) is 2. The van der Waals surface area contributed by atoms with Gasteiger partial charge in [-0.1, -0.05) is 12.1 Å². The molecule has 7 heteroatoms. The molecule has 0 unspecified atom stereocenters. The number of anilines is 1. The van der Waals surface area contributed by atoms with E-state index in [-0.39, 0.29) is 24.2 Å². The van der Waals surface area contributed by atoms with Crippen molar-refractivity contribution in [2.75, 3.05) is 18.0 Å². The number of para-hydroxylation sites is 1. The highest BCUT2D eigenvalue weighted by molar-refractivity contribution is 6.05. The Morgan fingerprint density at radius 3 is 2.88 bits per heavy atom. The fraction of sp³-hybridized carbons (Fsp3) is 0.263. The highest BCUT2D eigenvalue weighted by atomic mass is 16.2. The van der Waals surface area contributed by atoms with E-state index in [2.05, 4.69) is 20.5 Å². The Bertz CT molecular complexity index is 937. The molecule has 2 N–H and O–H groups in total. The van der Waals surface area contributed by atoms with Gasteiger partial charge >= 0.3 is 0 Å². The lowest BCUT2D eigenvalue weighted by atomic mass is 10.1. The average molecular weight is 349 g/mol. The average Bonchev–Trinajstić information content (AvgIpc) is 3.26. The zero-order valence-corrected chi connectivity index (χ0v) is 14.2. The summed E-state index contributed by atoms with van der Waals surface area (Å²) < 4.78 is 0. The molecule has 4 rings (SSSR count). The number of amides is 2. The predicted octanol–water partition coefficient (Wildman–Crippen LogP) is 1.67. The van der Waals surface area contributed by atoms with Crippen LogP contribution < -0.4 is 10.2 Å². The Hall–Kier alpha value is -3.22. The molecule has 1 aliphatic heterocycles. The fourth-order valence-electron chi connectivity index (χ4n) is 3.27. The van der Waals surface area contributed by atoms with Crippen LogP contribution in [0.4, 0.5) is 5.82 Å². The summed E-state index contributed by atoms with van der Waals surface area (Å²) in [6.07, 6.45) is 4.42. The van der Waals surface area contributed by atoms with E-state index in [9.17, 15) is 9.59 Å². The zero-order valence-electron chi connectivity index (χ0n) is 14.2. The standard InChI is InChI=1S/C19H19N5O2/c25-17-11-14(19(26)21-10-7-13-5-8-20-9-6-13)12-24(17)18-15-3-1-2-4-16(15)22-23-18/h1-6,8-9,14H,7,10-12H2,(H,21,26)(H,22,23)/t14-/m1/s1. The first kappa shape index (κ1) is 16.3. The van der Waals surface area contributed by atoms with Crippen molar-refractivity contribution < 1.29 is 9.59 Å². The molecule has 26 heavy (non-hydrogen) atoms. The SMILES string of the molecule is O=C(NCCc1ccncc1)[C@@H]1CC(=O)N(c2n[nH]c3ccccc23)C1. The molecule has 1 saturated heterocycles. The van der Waals surface area contributed by atoms with Crippen LogP contribution >= 0.6 is 0 Å². The lowest BCUT2D eigenvalue weighted by Gasteiger charge is -2.14. The molecule has 0 bridgehead atoms. The van der Waals surface area contributed by atoms with Crippen LogP contribution in [0.5, 0.6) is 0 Å². The smallest absolute Gasteiger partial charge is 0.229 e. The number of aromatic amines is 1. The van der Waals surface area contributed by atoms with Gasteiger partial charge in [0, 0.05) is 37.3 Å². The van der Waals surface area contributed by atoms with Gasteiger partial charge in [-0.2, -0.15) is 5.10 Å². The van der Waals surface area contributed by atoms with E-state index in [4.69, 9.17) is 0 Å². The molecule has 1 atom stereocenters. The highest BCUT2D eigenvalue weighted by Crippen LogP contribution is 2.29. The van der Waals surface area contributed by atoms with Gasteiger partial charge in [-0.05, 0) is 36.2 Å². The van der Waals surface area contributed by atoms with Crippen molar-refractivity contribution in [1.82, 2.24) is 20.5 Å². The number of rotatable bonds is 5. The maximum absolute atomic E-state index is 12.4. The second kappa shape index (κ2) is 6.95. The number of pyridine rings is 1. The molecular weight excluding hydrogens is 330 g/mol. The Morgan fingerprint density at radius 1 is 1.23 bits per heavy atom. The molecule has 1 fully saturated rings. The second-order valence-corrected chi connectivity index (χ2v) is 6.39. The summed E-state index contributed by atoms with van der Waals surface area (Å²) in [6, 6.07) is 11.5. The van der Waals surface area contributed by atoms with Gasteiger partial charge in [0.2, 0.25) is 11.8 Å². The molecule has 3 aromatic rings. The van der Waals surface area contributed by atoms with Gasteiger partial charge in [0.1, 0.15) is 0 Å². The lowest BCUT2D eigenvalue weighted by molar-refractivity contribution is -0.126. The second-order valence-electron chi connectivity index (χ2n) is 6.39. The Labute approximate surface area is 150 Å². The molecule has 2 aromatic heterocycles. The maximum Gasteiger partial charge on any atom is 0.229 e.